The highest BCUT2D eigenvalue weighted by Crippen LogP contribution is 2.23. The van der Waals surface area contributed by atoms with Gasteiger partial charge in [0.1, 0.15) is 17.4 Å². The maximum Gasteiger partial charge on any atom is 0.371 e. The third-order valence-corrected chi connectivity index (χ3v) is 3.51. The van der Waals surface area contributed by atoms with Gasteiger partial charge >= 0.3 is 5.97 Å². The number of nitriles is 1. The van der Waals surface area contributed by atoms with Gasteiger partial charge in [-0.2, -0.15) is 5.26 Å². The van der Waals surface area contributed by atoms with Crippen LogP contribution in [0.2, 0.25) is 0 Å². The van der Waals surface area contributed by atoms with Crippen LogP contribution in [0.3, 0.4) is 0 Å². The molecule has 0 aliphatic heterocycles. The second kappa shape index (κ2) is 8.04. The number of hydrogen-bond acceptors (Lipinski definition) is 4. The Kier molecular flexibility index (Phi) is 5.81. The van der Waals surface area contributed by atoms with Crippen molar-refractivity contribution >= 4 is 5.97 Å². The first kappa shape index (κ1) is 16.6. The van der Waals surface area contributed by atoms with Crippen LogP contribution in [0.25, 0.3) is 0 Å². The number of carboxylic acid groups (broad SMARTS) is 1. The lowest BCUT2D eigenvalue weighted by Gasteiger charge is -2.08. The number of furan rings is 1. The molecule has 120 valence electrons. The monoisotopic (exact) mass is 313 g/mol. The average Bonchev–Trinajstić information content (AvgIpc) is 3.02. The number of benzene rings is 1. The molecule has 0 aliphatic carbocycles. The van der Waals surface area contributed by atoms with Crippen molar-refractivity contribution in [3.63, 3.8) is 0 Å². The van der Waals surface area contributed by atoms with Crippen molar-refractivity contribution in [1.82, 2.24) is 0 Å². The minimum atomic E-state index is -1.13. The highest BCUT2D eigenvalue weighted by Gasteiger charge is 2.17. The normalized spacial score (nSPS) is 11.7. The fourth-order valence-electron chi connectivity index (χ4n) is 2.20. The molecule has 0 amide bonds. The van der Waals surface area contributed by atoms with E-state index < -0.39 is 11.9 Å². The number of carbonyl (C=O) groups is 1. The van der Waals surface area contributed by atoms with E-state index in [9.17, 15) is 10.1 Å². The van der Waals surface area contributed by atoms with Gasteiger partial charge in [0.15, 0.2) is 0 Å². The second-order valence-corrected chi connectivity index (χ2v) is 5.35. The van der Waals surface area contributed by atoms with E-state index in [0.29, 0.717) is 18.8 Å². The Hall–Kier alpha value is -2.74. The first-order valence-corrected chi connectivity index (χ1v) is 7.52. The Morgan fingerprint density at radius 1 is 1.26 bits per heavy atom. The van der Waals surface area contributed by atoms with Gasteiger partial charge in [-0.1, -0.05) is 17.7 Å². The van der Waals surface area contributed by atoms with E-state index in [-0.39, 0.29) is 5.76 Å². The summed E-state index contributed by atoms with van der Waals surface area (Å²) >= 11 is 0. The van der Waals surface area contributed by atoms with E-state index >= 15 is 0 Å². The van der Waals surface area contributed by atoms with Crippen LogP contribution in [0.5, 0.6) is 5.75 Å². The Balaban J connectivity index is 1.74. The Morgan fingerprint density at radius 3 is 2.61 bits per heavy atom. The van der Waals surface area contributed by atoms with E-state index in [1.165, 1.54) is 11.6 Å². The number of aromatic carboxylic acids is 1. The van der Waals surface area contributed by atoms with Gasteiger partial charge in [0.05, 0.1) is 12.7 Å². The Bertz CT molecular complexity index is 682. The summed E-state index contributed by atoms with van der Waals surface area (Å²) in [6.07, 6.45) is 2.23. The third-order valence-electron chi connectivity index (χ3n) is 3.51. The molecule has 0 bridgehead atoms. The predicted octanol–water partition coefficient (Wildman–Crippen LogP) is 4.14. The maximum absolute atomic E-state index is 10.8. The van der Waals surface area contributed by atoms with Gasteiger partial charge in [0.2, 0.25) is 5.76 Å². The predicted molar refractivity (Wildman–Crippen MR) is 84.5 cm³/mol. The molecule has 0 saturated heterocycles. The molecule has 0 spiro atoms. The maximum atomic E-state index is 10.8. The van der Waals surface area contributed by atoms with Crippen molar-refractivity contribution in [3.05, 3.63) is 53.5 Å². The summed E-state index contributed by atoms with van der Waals surface area (Å²) in [5.74, 6) is -0.446. The molecule has 2 rings (SSSR count). The minimum Gasteiger partial charge on any atom is -0.494 e. The zero-order valence-electron chi connectivity index (χ0n) is 13.0. The molecule has 2 aromatic rings. The van der Waals surface area contributed by atoms with Crippen LogP contribution >= 0.6 is 0 Å². The van der Waals surface area contributed by atoms with Crippen molar-refractivity contribution in [1.29, 1.82) is 5.26 Å². The smallest absolute Gasteiger partial charge is 0.371 e. The van der Waals surface area contributed by atoms with Crippen LogP contribution in [0.1, 0.15) is 47.1 Å². The molecular formula is C18H19NO4. The van der Waals surface area contributed by atoms with Crippen molar-refractivity contribution in [2.24, 2.45) is 0 Å². The molecule has 0 radical (unpaired) electrons. The first-order chi connectivity index (χ1) is 11.1. The summed E-state index contributed by atoms with van der Waals surface area (Å²) in [5.41, 5.74) is 1.19. The van der Waals surface area contributed by atoms with Crippen molar-refractivity contribution in [2.45, 2.75) is 32.1 Å². The second-order valence-electron chi connectivity index (χ2n) is 5.35. The summed E-state index contributed by atoms with van der Waals surface area (Å²) < 4.78 is 10.8. The molecule has 1 N–H and O–H groups in total. The number of carboxylic acids is 1. The number of hydrogen-bond donors (Lipinski definition) is 1. The number of ether oxygens (including phenoxy) is 1. The first-order valence-electron chi connectivity index (χ1n) is 7.52. The van der Waals surface area contributed by atoms with Crippen LogP contribution in [0.4, 0.5) is 0 Å². The molecule has 1 aromatic heterocycles. The number of nitrogens with zero attached hydrogens (tertiary/aromatic N) is 1. The van der Waals surface area contributed by atoms with Gasteiger partial charge in [0.25, 0.3) is 0 Å². The van der Waals surface area contributed by atoms with Gasteiger partial charge < -0.3 is 14.3 Å². The lowest BCUT2D eigenvalue weighted by Crippen LogP contribution is -2.00. The lowest BCUT2D eigenvalue weighted by atomic mass is 10.0. The molecular weight excluding hydrogens is 294 g/mol. The van der Waals surface area contributed by atoms with Gasteiger partial charge in [-0.25, -0.2) is 4.79 Å². The van der Waals surface area contributed by atoms with Crippen LogP contribution in [0.15, 0.2) is 40.8 Å². The number of unbranched alkanes of at least 4 members (excludes halogenated alkanes) is 1. The van der Waals surface area contributed by atoms with E-state index in [0.717, 1.165) is 18.6 Å². The van der Waals surface area contributed by atoms with Gasteiger partial charge in [-0.05, 0) is 50.5 Å². The van der Waals surface area contributed by atoms with Crippen LogP contribution in [0, 0.1) is 18.3 Å². The van der Waals surface area contributed by atoms with Crippen LogP contribution < -0.4 is 4.74 Å². The van der Waals surface area contributed by atoms with Gasteiger partial charge in [0, 0.05) is 0 Å². The fourth-order valence-corrected chi connectivity index (χ4v) is 2.20. The van der Waals surface area contributed by atoms with Crippen molar-refractivity contribution < 1.29 is 19.1 Å². The molecule has 1 atom stereocenters. The Labute approximate surface area is 135 Å². The van der Waals surface area contributed by atoms with E-state index in [2.05, 4.69) is 6.07 Å². The molecule has 5 heteroatoms. The van der Waals surface area contributed by atoms with Crippen LogP contribution in [-0.2, 0) is 0 Å². The molecule has 1 unspecified atom stereocenters. The van der Waals surface area contributed by atoms with Gasteiger partial charge in [-0.3, -0.25) is 0 Å². The van der Waals surface area contributed by atoms with E-state index in [1.807, 2.05) is 31.2 Å². The quantitative estimate of drug-likeness (QED) is 0.740. The third kappa shape index (κ3) is 4.89. The zero-order valence-corrected chi connectivity index (χ0v) is 13.0. The van der Waals surface area contributed by atoms with Crippen molar-refractivity contribution in [2.75, 3.05) is 6.61 Å². The largest absolute Gasteiger partial charge is 0.494 e. The zero-order chi connectivity index (χ0) is 16.7. The number of rotatable bonds is 8. The lowest BCUT2D eigenvalue weighted by molar-refractivity contribution is 0.0660. The molecule has 1 aromatic carbocycles. The molecule has 1 heterocycles. The SMILES string of the molecule is Cc1ccc(OCCCCC(C#N)c2ccc(C(=O)O)o2)cc1. The fraction of sp³-hybridized carbons (Fsp3) is 0.333. The summed E-state index contributed by atoms with van der Waals surface area (Å²) in [7, 11) is 0. The van der Waals surface area contributed by atoms with E-state index in [1.54, 1.807) is 6.07 Å². The van der Waals surface area contributed by atoms with Gasteiger partial charge in [-0.15, -0.1) is 0 Å². The summed E-state index contributed by atoms with van der Waals surface area (Å²) in [4.78, 5) is 10.8. The van der Waals surface area contributed by atoms with Crippen LogP contribution in [-0.4, -0.2) is 17.7 Å². The highest BCUT2D eigenvalue weighted by atomic mass is 16.5. The summed E-state index contributed by atoms with van der Waals surface area (Å²) in [5, 5.41) is 18.0. The molecule has 5 nitrogen and oxygen atoms in total. The standard InChI is InChI=1S/C18H19NO4/c1-13-5-7-15(8-6-13)22-11-3-2-4-14(12-19)16-9-10-17(23-16)18(20)21/h5-10,14H,2-4,11H2,1H3,(H,20,21). The molecule has 23 heavy (non-hydrogen) atoms. The van der Waals surface area contributed by atoms with E-state index in [4.69, 9.17) is 14.3 Å². The Morgan fingerprint density at radius 2 is 2.00 bits per heavy atom. The summed E-state index contributed by atoms with van der Waals surface area (Å²) in [6, 6.07) is 13.0. The average molecular weight is 313 g/mol. The summed E-state index contributed by atoms with van der Waals surface area (Å²) in [6.45, 7) is 2.61. The number of aryl methyl sites for hydroxylation is 1. The minimum absolute atomic E-state index is 0.136. The topological polar surface area (TPSA) is 83.5 Å². The molecule has 0 saturated carbocycles. The highest BCUT2D eigenvalue weighted by molar-refractivity contribution is 5.84. The molecule has 0 aliphatic rings. The molecule has 0 fully saturated rings. The van der Waals surface area contributed by atoms with Crippen molar-refractivity contribution in [3.8, 4) is 11.8 Å².